The summed E-state index contributed by atoms with van der Waals surface area (Å²) in [4.78, 5) is 61.9. The van der Waals surface area contributed by atoms with Crippen LogP contribution in [0.25, 0.3) is 0 Å². The molecule has 1 aliphatic carbocycles. The summed E-state index contributed by atoms with van der Waals surface area (Å²) >= 11 is 0. The maximum atomic E-state index is 12.6. The van der Waals surface area contributed by atoms with Gasteiger partial charge in [0.25, 0.3) is 11.8 Å². The SMILES string of the molecule is CCOC(=O)C(=CC1C(=O)CCC1=O)N1C(=O)c2ccccc2C1=O. The lowest BCUT2D eigenvalue weighted by Gasteiger charge is -2.17. The summed E-state index contributed by atoms with van der Waals surface area (Å²) in [7, 11) is 0. The molecule has 2 aliphatic rings. The average Bonchev–Trinajstić information content (AvgIpc) is 3.04. The topological polar surface area (TPSA) is 97.8 Å². The molecule has 25 heavy (non-hydrogen) atoms. The Balaban J connectivity index is 2.06. The Morgan fingerprint density at radius 3 is 2.08 bits per heavy atom. The summed E-state index contributed by atoms with van der Waals surface area (Å²) in [5, 5.41) is 0. The van der Waals surface area contributed by atoms with Crippen LogP contribution < -0.4 is 0 Å². The van der Waals surface area contributed by atoms with Gasteiger partial charge in [-0.1, -0.05) is 12.1 Å². The summed E-state index contributed by atoms with van der Waals surface area (Å²) in [5.41, 5.74) is -0.0693. The van der Waals surface area contributed by atoms with E-state index in [0.29, 0.717) is 4.90 Å². The highest BCUT2D eigenvalue weighted by molar-refractivity contribution is 6.25. The van der Waals surface area contributed by atoms with Crippen LogP contribution in [-0.2, 0) is 19.1 Å². The number of allylic oxidation sites excluding steroid dienone is 1. The number of carbonyl (C=O) groups excluding carboxylic acids is 5. The molecule has 1 saturated carbocycles. The number of Topliss-reactive ketones (excluding diaryl/α,β-unsaturated/α-hetero) is 2. The molecule has 0 N–H and O–H groups in total. The van der Waals surface area contributed by atoms with Crippen LogP contribution in [0.3, 0.4) is 0 Å². The van der Waals surface area contributed by atoms with Crippen LogP contribution in [0.5, 0.6) is 0 Å². The van der Waals surface area contributed by atoms with E-state index in [0.717, 1.165) is 6.08 Å². The predicted molar refractivity (Wildman–Crippen MR) is 84.4 cm³/mol. The van der Waals surface area contributed by atoms with Crippen molar-refractivity contribution in [1.29, 1.82) is 0 Å². The number of amides is 2. The molecule has 1 heterocycles. The Hall–Kier alpha value is -3.09. The van der Waals surface area contributed by atoms with Crippen LogP contribution in [0.4, 0.5) is 0 Å². The number of rotatable bonds is 4. The molecule has 0 atom stereocenters. The van der Waals surface area contributed by atoms with Gasteiger partial charge in [0.05, 0.1) is 23.7 Å². The van der Waals surface area contributed by atoms with Crippen molar-refractivity contribution in [2.24, 2.45) is 5.92 Å². The van der Waals surface area contributed by atoms with Crippen LogP contribution in [0.2, 0.25) is 0 Å². The van der Waals surface area contributed by atoms with E-state index in [-0.39, 0.29) is 47.8 Å². The van der Waals surface area contributed by atoms with Gasteiger partial charge in [0.1, 0.15) is 17.3 Å². The lowest BCUT2D eigenvalue weighted by molar-refractivity contribution is -0.139. The number of fused-ring (bicyclic) bond motifs is 1. The largest absolute Gasteiger partial charge is 0.461 e. The monoisotopic (exact) mass is 341 g/mol. The third-order valence-corrected chi connectivity index (χ3v) is 4.16. The van der Waals surface area contributed by atoms with Gasteiger partial charge in [0, 0.05) is 12.8 Å². The van der Waals surface area contributed by atoms with Crippen molar-refractivity contribution in [2.45, 2.75) is 19.8 Å². The maximum absolute atomic E-state index is 12.6. The molecular formula is C18H15NO6. The Bertz CT molecular complexity index is 787. The molecule has 0 saturated heterocycles. The van der Waals surface area contributed by atoms with Gasteiger partial charge in [0.2, 0.25) is 0 Å². The van der Waals surface area contributed by atoms with Crippen molar-refractivity contribution in [3.05, 3.63) is 47.2 Å². The van der Waals surface area contributed by atoms with Gasteiger partial charge >= 0.3 is 5.97 Å². The number of benzene rings is 1. The highest BCUT2D eigenvalue weighted by atomic mass is 16.5. The zero-order valence-electron chi connectivity index (χ0n) is 13.5. The number of esters is 1. The molecular weight excluding hydrogens is 326 g/mol. The van der Waals surface area contributed by atoms with E-state index < -0.39 is 23.7 Å². The smallest absolute Gasteiger partial charge is 0.355 e. The molecule has 3 rings (SSSR count). The lowest BCUT2D eigenvalue weighted by Crippen LogP contribution is -2.35. The third kappa shape index (κ3) is 2.77. The Morgan fingerprint density at radius 1 is 1.08 bits per heavy atom. The van der Waals surface area contributed by atoms with E-state index >= 15 is 0 Å². The lowest BCUT2D eigenvalue weighted by atomic mass is 10.0. The molecule has 0 radical (unpaired) electrons. The normalized spacial score (nSPS) is 18.1. The molecule has 7 nitrogen and oxygen atoms in total. The van der Waals surface area contributed by atoms with E-state index in [4.69, 9.17) is 4.74 Å². The number of nitrogens with zero attached hydrogens (tertiary/aromatic N) is 1. The van der Waals surface area contributed by atoms with Gasteiger partial charge in [-0.05, 0) is 25.1 Å². The van der Waals surface area contributed by atoms with Crippen LogP contribution in [-0.4, -0.2) is 40.9 Å². The van der Waals surface area contributed by atoms with E-state index in [2.05, 4.69) is 0 Å². The van der Waals surface area contributed by atoms with Crippen LogP contribution in [0, 0.1) is 5.92 Å². The minimum atomic E-state index is -1.14. The molecule has 0 spiro atoms. The van der Waals surface area contributed by atoms with Crippen molar-refractivity contribution in [2.75, 3.05) is 6.61 Å². The van der Waals surface area contributed by atoms with E-state index in [1.807, 2.05) is 0 Å². The fourth-order valence-corrected chi connectivity index (χ4v) is 2.93. The molecule has 1 aromatic rings. The van der Waals surface area contributed by atoms with Gasteiger partial charge in [0.15, 0.2) is 0 Å². The second-order valence-electron chi connectivity index (χ2n) is 5.67. The molecule has 0 unspecified atom stereocenters. The quantitative estimate of drug-likeness (QED) is 0.354. The molecule has 0 aromatic heterocycles. The standard InChI is InChI=1S/C18H15NO6/c1-2-25-18(24)13(9-12-14(20)7-8-15(12)21)19-16(22)10-5-3-4-6-11(10)17(19)23/h3-6,9,12H,2,7-8H2,1H3. The van der Waals surface area contributed by atoms with E-state index in [9.17, 15) is 24.0 Å². The first kappa shape index (κ1) is 16.8. The molecule has 0 bridgehead atoms. The molecule has 1 aliphatic heterocycles. The van der Waals surface area contributed by atoms with E-state index in [1.165, 1.54) is 12.1 Å². The fraction of sp³-hybridized carbons (Fsp3) is 0.278. The Labute approximate surface area is 143 Å². The second kappa shape index (κ2) is 6.43. The number of ketones is 2. The van der Waals surface area contributed by atoms with Gasteiger partial charge < -0.3 is 4.74 Å². The summed E-state index contributed by atoms with van der Waals surface area (Å²) in [6.07, 6.45) is 1.24. The number of hydrogen-bond donors (Lipinski definition) is 0. The summed E-state index contributed by atoms with van der Waals surface area (Å²) in [6, 6.07) is 6.16. The molecule has 1 fully saturated rings. The average molecular weight is 341 g/mol. The Kier molecular flexibility index (Phi) is 4.31. The number of imide groups is 1. The van der Waals surface area contributed by atoms with Crippen LogP contribution in [0.1, 0.15) is 40.5 Å². The first-order chi connectivity index (χ1) is 12.0. The van der Waals surface area contributed by atoms with Crippen molar-refractivity contribution in [3.63, 3.8) is 0 Å². The molecule has 128 valence electrons. The van der Waals surface area contributed by atoms with Crippen molar-refractivity contribution in [3.8, 4) is 0 Å². The fourth-order valence-electron chi connectivity index (χ4n) is 2.93. The zero-order chi connectivity index (χ0) is 18.1. The van der Waals surface area contributed by atoms with Crippen LogP contribution in [0.15, 0.2) is 36.0 Å². The van der Waals surface area contributed by atoms with Gasteiger partial charge in [-0.25, -0.2) is 9.69 Å². The Morgan fingerprint density at radius 2 is 1.60 bits per heavy atom. The van der Waals surface area contributed by atoms with Crippen molar-refractivity contribution >= 4 is 29.4 Å². The van der Waals surface area contributed by atoms with Gasteiger partial charge in [-0.2, -0.15) is 0 Å². The first-order valence-corrected chi connectivity index (χ1v) is 7.88. The second-order valence-corrected chi connectivity index (χ2v) is 5.67. The highest BCUT2D eigenvalue weighted by Gasteiger charge is 2.42. The molecule has 2 amide bonds. The number of hydrogen-bond acceptors (Lipinski definition) is 6. The molecule has 7 heteroatoms. The van der Waals surface area contributed by atoms with Crippen molar-refractivity contribution in [1.82, 2.24) is 4.90 Å². The minimum absolute atomic E-state index is 0.0197. The molecule has 1 aromatic carbocycles. The minimum Gasteiger partial charge on any atom is -0.461 e. The van der Waals surface area contributed by atoms with Gasteiger partial charge in [-0.3, -0.25) is 19.2 Å². The van der Waals surface area contributed by atoms with Crippen molar-refractivity contribution < 1.29 is 28.7 Å². The summed E-state index contributed by atoms with van der Waals surface area (Å²) in [6.45, 7) is 1.59. The third-order valence-electron chi connectivity index (χ3n) is 4.16. The maximum Gasteiger partial charge on any atom is 0.355 e. The first-order valence-electron chi connectivity index (χ1n) is 7.88. The number of carbonyl (C=O) groups is 5. The highest BCUT2D eigenvalue weighted by Crippen LogP contribution is 2.29. The summed E-state index contributed by atoms with van der Waals surface area (Å²) < 4.78 is 4.92. The van der Waals surface area contributed by atoms with Gasteiger partial charge in [-0.15, -0.1) is 0 Å². The summed E-state index contributed by atoms with van der Waals surface area (Å²) in [5.74, 6) is -4.12. The number of ether oxygens (including phenoxy) is 1. The zero-order valence-corrected chi connectivity index (χ0v) is 13.5. The van der Waals surface area contributed by atoms with Crippen LogP contribution >= 0.6 is 0 Å². The predicted octanol–water partition coefficient (Wildman–Crippen LogP) is 1.28. The van der Waals surface area contributed by atoms with E-state index in [1.54, 1.807) is 19.1 Å².